The van der Waals surface area contributed by atoms with Crippen molar-refractivity contribution in [2.24, 2.45) is 29.1 Å². The molecule has 24 nitrogen and oxygen atoms in total. The lowest BCUT2D eigenvalue weighted by atomic mass is 9.92. The maximum atomic E-state index is 14.5. The van der Waals surface area contributed by atoms with Gasteiger partial charge in [0.05, 0.1) is 33.5 Å². The largest absolute Gasteiger partial charge is 0.506 e. The molecule has 0 aliphatic carbocycles. The first kappa shape index (κ1) is 61.6. The molecule has 6 N–H and O–H groups in total. The summed E-state index contributed by atoms with van der Waals surface area (Å²) in [7, 11) is 0. The van der Waals surface area contributed by atoms with E-state index in [9.17, 15) is 39.6 Å². The minimum Gasteiger partial charge on any atom is -0.506 e. The van der Waals surface area contributed by atoms with E-state index in [0.717, 1.165) is 64.5 Å². The van der Waals surface area contributed by atoms with Gasteiger partial charge in [-0.2, -0.15) is 4.79 Å². The van der Waals surface area contributed by atoms with Gasteiger partial charge in [-0.25, -0.2) is 19.2 Å². The molecule has 7 aromatic heterocycles. The number of phenols is 4. The molecular formula is C73H74N12O12. The summed E-state index contributed by atoms with van der Waals surface area (Å²) in [6.07, 6.45) is 3.21. The highest BCUT2D eigenvalue weighted by atomic mass is 16.6. The fraction of sp³-hybridized carbons (Fsp3) is 0.288. The zero-order valence-electron chi connectivity index (χ0n) is 54.8. The molecule has 0 atom stereocenters. The van der Waals surface area contributed by atoms with Crippen molar-refractivity contribution in [2.75, 3.05) is 31.9 Å². The van der Waals surface area contributed by atoms with Gasteiger partial charge in [0, 0.05) is 0 Å². The van der Waals surface area contributed by atoms with E-state index in [4.69, 9.17) is 18.9 Å². The van der Waals surface area contributed by atoms with Gasteiger partial charge in [-0.15, -0.1) is 42.2 Å². The van der Waals surface area contributed by atoms with Gasteiger partial charge in [0.25, 0.3) is 0 Å². The van der Waals surface area contributed by atoms with Gasteiger partial charge in [0.15, 0.2) is 0 Å². The number of rotatable bonds is 25. The lowest BCUT2D eigenvalue weighted by Crippen LogP contribution is -2.44. The molecule has 0 spiro atoms. The second-order valence-electron chi connectivity index (χ2n) is 27.5. The molecule has 8 aromatic carbocycles. The molecule has 498 valence electrons. The number of aromatic nitrogens is 11. The number of carbonyl (C=O) groups excluding carboxylic acids is 4. The van der Waals surface area contributed by atoms with Crippen molar-refractivity contribution in [3.63, 3.8) is 0 Å². The first-order chi connectivity index (χ1) is 46.6. The van der Waals surface area contributed by atoms with Crippen molar-refractivity contribution >= 4 is 73.7 Å². The average Bonchev–Trinajstić information content (AvgIpc) is 1.53. The molecule has 7 heterocycles. The third-order valence-corrected chi connectivity index (χ3v) is 17.8. The molecule has 0 bridgehead atoms. The standard InChI is InChI=1S/C73H74N12O12/c1-41(2)25-45-9-17-53(65(86)29-45)74-76-55-21-13-49(33-54(55)75-76)69(90)94-37-73(38-95-70(91)50-14-22-56-62(34-50)83-77(56)80(83)59-18-10-46(26-42(3)4)30-66(59)87,39-96-71(92)51-15-23-57-63(35-51)84-78(57)81(84)60-19-11-47(27-43(5)6)31-67(60)88)40-97-72(93)52-16-24-58-64(36-52)85-79(58)82(85)61-20-12-48(28-44(7)8)32-68(61)89/h9-24,29-36,41-44,74-75,86-89H,25-28,37-40H2,1-8H3. The third-order valence-electron chi connectivity index (χ3n) is 17.8. The van der Waals surface area contributed by atoms with Crippen LogP contribution in [-0.4, -0.2) is 123 Å². The Hall–Kier alpha value is -11.6. The molecule has 0 amide bonds. The van der Waals surface area contributed by atoms with Crippen LogP contribution in [0.1, 0.15) is 119 Å². The van der Waals surface area contributed by atoms with Crippen molar-refractivity contribution in [1.82, 2.24) is 52.1 Å². The average molecular weight is 1310 g/mol. The number of anilines is 1. The van der Waals surface area contributed by atoms with Crippen LogP contribution in [0.3, 0.4) is 0 Å². The number of hydrogen-bond donors (Lipinski definition) is 6. The zero-order chi connectivity index (χ0) is 67.6. The van der Waals surface area contributed by atoms with Crippen molar-refractivity contribution in [2.45, 2.75) is 81.1 Å². The molecule has 0 saturated heterocycles. The molecule has 0 aliphatic heterocycles. The summed E-state index contributed by atoms with van der Waals surface area (Å²) in [6.45, 7) is 14.5. The number of fused-ring (bicyclic) bond motifs is 13. The Morgan fingerprint density at radius 2 is 0.670 bits per heavy atom. The Bertz CT molecular complexity index is 5060. The van der Waals surface area contributed by atoms with Crippen molar-refractivity contribution in [3.05, 3.63) is 190 Å². The van der Waals surface area contributed by atoms with Crippen molar-refractivity contribution in [3.8, 4) is 40.1 Å². The number of aromatic hydroxyl groups is 4. The second-order valence-corrected chi connectivity index (χ2v) is 27.5. The Kier molecular flexibility index (Phi) is 14.9. The minimum absolute atomic E-state index is 0.0741. The Labute approximate surface area is 554 Å². The van der Waals surface area contributed by atoms with E-state index in [2.05, 4.69) is 65.9 Å². The molecule has 0 fully saturated rings. The van der Waals surface area contributed by atoms with Crippen LogP contribution in [0.5, 0.6) is 23.0 Å². The maximum Gasteiger partial charge on any atom is 0.338 e. The number of nitrogens with zero attached hydrogens (tertiary/aromatic N) is 10. The highest BCUT2D eigenvalue weighted by molar-refractivity contribution is 5.97. The predicted octanol–water partition coefficient (Wildman–Crippen LogP) is 12.4. The van der Waals surface area contributed by atoms with Gasteiger partial charge in [-0.05, 0) is 193 Å². The molecular weight excluding hydrogens is 1240 g/mol. The summed E-state index contributed by atoms with van der Waals surface area (Å²) in [6, 6.07) is 42.1. The Morgan fingerprint density at radius 1 is 0.371 bits per heavy atom. The van der Waals surface area contributed by atoms with E-state index < -0.39 is 55.7 Å². The molecule has 0 saturated carbocycles. The number of ether oxygens (including phenoxy) is 4. The zero-order valence-corrected chi connectivity index (χ0v) is 54.8. The molecule has 15 aromatic rings. The molecule has 15 rings (SSSR count). The third kappa shape index (κ3) is 11.2. The number of esters is 4. The van der Waals surface area contributed by atoms with Crippen molar-refractivity contribution < 1.29 is 58.6 Å². The number of aromatic amines is 1. The van der Waals surface area contributed by atoms with Crippen LogP contribution in [0, 0.1) is 29.1 Å². The SMILES string of the molecule is CC(C)Cc1ccc(Nn2[nH]c3cc(C(=O)OCC(COC(=O)c4ccc5c(c4)n4n(-c6ccc(CC(C)C)cc6O)n54)(COC(=O)c4ccc5c(c4)n4n(-c6ccc(CC(C)C)cc6O)n54)COC(=O)c4ccc5c(c4)n4n(-c6ccc(CC(C)C)cc6O)n54)ccc32)c(O)c1. The van der Waals surface area contributed by atoms with Gasteiger partial charge in [0.1, 0.15) is 111 Å². The Morgan fingerprint density at radius 3 is 0.979 bits per heavy atom. The molecule has 24 heteroatoms. The van der Waals surface area contributed by atoms with E-state index >= 15 is 0 Å². The summed E-state index contributed by atoms with van der Waals surface area (Å²) in [5.41, 5.74) is 13.7. The second kappa shape index (κ2) is 23.4. The molecule has 0 unspecified atom stereocenters. The van der Waals surface area contributed by atoms with Crippen molar-refractivity contribution in [1.29, 1.82) is 0 Å². The number of carbonyl (C=O) groups is 4. The normalized spacial score (nSPS) is 12.5. The summed E-state index contributed by atoms with van der Waals surface area (Å²) in [5, 5.41) is 47.4. The van der Waals surface area contributed by atoms with Gasteiger partial charge in [-0.1, -0.05) is 79.7 Å². The van der Waals surface area contributed by atoms with E-state index in [-0.39, 0.29) is 45.3 Å². The van der Waals surface area contributed by atoms with Crippen LogP contribution in [0.25, 0.3) is 61.2 Å². The van der Waals surface area contributed by atoms with Crippen LogP contribution in [0.4, 0.5) is 5.69 Å². The molecule has 0 radical (unpaired) electrons. The predicted molar refractivity (Wildman–Crippen MR) is 363 cm³/mol. The number of benzene rings is 8. The van der Waals surface area contributed by atoms with Crippen LogP contribution in [0.15, 0.2) is 146 Å². The first-order valence-electron chi connectivity index (χ1n) is 32.6. The lowest BCUT2D eigenvalue weighted by molar-refractivity contribution is -0.0642. The first-order valence-corrected chi connectivity index (χ1v) is 32.6. The number of hydrogen-bond acceptors (Lipinski definition) is 13. The summed E-state index contributed by atoms with van der Waals surface area (Å²) in [4.78, 5) is 64.9. The summed E-state index contributed by atoms with van der Waals surface area (Å²) in [5.74, 6) is -1.19. The van der Waals surface area contributed by atoms with Gasteiger partial charge >= 0.3 is 23.9 Å². The fourth-order valence-corrected chi connectivity index (χ4v) is 13.0. The van der Waals surface area contributed by atoms with Crippen LogP contribution < -0.4 is 5.43 Å². The molecule has 97 heavy (non-hydrogen) atoms. The summed E-state index contributed by atoms with van der Waals surface area (Å²) >= 11 is 0. The van der Waals surface area contributed by atoms with Crippen LogP contribution in [-0.2, 0) is 44.6 Å². The quantitative estimate of drug-likeness (QED) is 0.0177. The highest BCUT2D eigenvalue weighted by Crippen LogP contribution is 2.37. The maximum absolute atomic E-state index is 14.5. The smallest absolute Gasteiger partial charge is 0.338 e. The van der Waals surface area contributed by atoms with E-state index in [1.54, 1.807) is 136 Å². The van der Waals surface area contributed by atoms with Gasteiger partial charge < -0.3 is 39.4 Å². The van der Waals surface area contributed by atoms with Gasteiger partial charge in [-0.3, -0.25) is 10.5 Å². The highest BCUT2D eigenvalue weighted by Gasteiger charge is 2.40. The summed E-state index contributed by atoms with van der Waals surface area (Å²) < 4.78 is 35.6. The fourth-order valence-electron chi connectivity index (χ4n) is 13.0. The number of H-pyrrole nitrogens is 1. The Balaban J connectivity index is 0.730. The number of nitrogens with one attached hydrogen (secondary N) is 2. The number of phenolic OH excluding ortho intramolecular Hbond substituents is 4. The lowest BCUT2D eigenvalue weighted by Gasteiger charge is -2.31. The minimum atomic E-state index is -1.77. The van der Waals surface area contributed by atoms with E-state index in [1.165, 1.54) is 0 Å². The topological polar surface area (TPSA) is 260 Å². The van der Waals surface area contributed by atoms with Crippen LogP contribution in [0.2, 0.25) is 0 Å². The van der Waals surface area contributed by atoms with E-state index in [1.807, 2.05) is 56.4 Å². The van der Waals surface area contributed by atoms with Gasteiger partial charge in [0.2, 0.25) is 0 Å². The monoisotopic (exact) mass is 1310 g/mol. The van der Waals surface area contributed by atoms with E-state index in [0.29, 0.717) is 74.0 Å². The molecule has 0 aliphatic rings. The van der Waals surface area contributed by atoms with Crippen LogP contribution >= 0.6 is 0 Å².